The number of ether oxygens (including phenoxy) is 2. The van der Waals surface area contributed by atoms with Crippen molar-refractivity contribution >= 4 is 10.4 Å². The Balaban J connectivity index is 0. The van der Waals surface area contributed by atoms with E-state index in [1.165, 1.54) is 51.9 Å². The largest absolute Gasteiger partial charge is 0.759 e. The molecular formula is C15H33F3N2O6S. The summed E-state index contributed by atoms with van der Waals surface area (Å²) in [7, 11) is 2.91. The Kier molecular flexibility index (Phi) is 15.4. The van der Waals surface area contributed by atoms with Crippen molar-refractivity contribution in [3.8, 4) is 0 Å². The highest BCUT2D eigenvalue weighted by Gasteiger charge is 2.26. The zero-order valence-corrected chi connectivity index (χ0v) is 17.4. The average molecular weight is 426 g/mol. The van der Waals surface area contributed by atoms with Gasteiger partial charge in [0.05, 0.1) is 40.3 Å². The molecule has 2 fully saturated rings. The summed E-state index contributed by atoms with van der Waals surface area (Å²) in [6, 6.07) is 0. The van der Waals surface area contributed by atoms with Gasteiger partial charge in [0, 0.05) is 50.3 Å². The highest BCUT2D eigenvalue weighted by atomic mass is 32.3. The van der Waals surface area contributed by atoms with Gasteiger partial charge in [0.15, 0.2) is 13.5 Å². The lowest BCUT2D eigenvalue weighted by Gasteiger charge is -2.27. The van der Waals surface area contributed by atoms with Crippen molar-refractivity contribution in [3.05, 3.63) is 0 Å². The monoisotopic (exact) mass is 426 g/mol. The number of halogens is 3. The minimum absolute atomic E-state index is 0.889. The summed E-state index contributed by atoms with van der Waals surface area (Å²) in [6.07, 6.45) is 5.50. The van der Waals surface area contributed by atoms with E-state index in [-0.39, 0.29) is 0 Å². The maximum Gasteiger partial charge on any atom is 0.379 e. The van der Waals surface area contributed by atoms with E-state index in [2.05, 4.69) is 14.1 Å². The van der Waals surface area contributed by atoms with Crippen LogP contribution in [0.1, 0.15) is 25.7 Å². The lowest BCUT2D eigenvalue weighted by Crippen LogP contribution is -2.42. The van der Waals surface area contributed by atoms with Crippen LogP contribution in [-0.4, -0.2) is 101 Å². The number of nitrogens with zero attached hydrogens (tertiary/aromatic N) is 2. The Hall–Kier alpha value is -0.500. The second-order valence-electron chi connectivity index (χ2n) is 7.04. The summed E-state index contributed by atoms with van der Waals surface area (Å²) in [6.45, 7) is 3.31. The SMILES string of the molecule is COC[N+]1(C)CCCC1.COC[N+]1(C)CCCC1.FC(F)F.O=S(=O)([O-])[O-]. The Morgan fingerprint density at radius 2 is 1.00 bits per heavy atom. The van der Waals surface area contributed by atoms with Gasteiger partial charge in [0.2, 0.25) is 0 Å². The smallest absolute Gasteiger partial charge is 0.379 e. The minimum atomic E-state index is -5.17. The highest BCUT2D eigenvalue weighted by molar-refractivity contribution is 7.79. The Morgan fingerprint density at radius 3 is 1.15 bits per heavy atom. The number of likely N-dealkylation sites (tertiary alicyclic amines) is 2. The topological polar surface area (TPSA) is 98.7 Å². The molecule has 0 unspecified atom stereocenters. The molecule has 0 spiro atoms. The molecule has 0 saturated carbocycles. The van der Waals surface area contributed by atoms with Gasteiger partial charge in [0.1, 0.15) is 0 Å². The van der Waals surface area contributed by atoms with Crippen LogP contribution in [0.15, 0.2) is 0 Å². The zero-order chi connectivity index (χ0) is 21.6. The van der Waals surface area contributed by atoms with Gasteiger partial charge in [-0.2, -0.15) is 13.2 Å². The van der Waals surface area contributed by atoms with E-state index in [0.717, 1.165) is 22.4 Å². The van der Waals surface area contributed by atoms with Crippen LogP contribution in [0.25, 0.3) is 0 Å². The molecule has 8 nitrogen and oxygen atoms in total. The summed E-state index contributed by atoms with van der Waals surface area (Å²) in [5.74, 6) is 0. The van der Waals surface area contributed by atoms with Crippen LogP contribution in [0.5, 0.6) is 0 Å². The molecule has 0 aromatic rings. The molecule has 2 aliphatic rings. The summed E-state index contributed by atoms with van der Waals surface area (Å²) in [5.41, 5.74) is 0. The first kappa shape index (κ1) is 28.7. The summed E-state index contributed by atoms with van der Waals surface area (Å²) < 4.78 is 75.5. The second-order valence-corrected chi connectivity index (χ2v) is 7.86. The van der Waals surface area contributed by atoms with Crippen molar-refractivity contribution in [1.82, 2.24) is 0 Å². The predicted octanol–water partition coefficient (Wildman–Crippen LogP) is 1.50. The van der Waals surface area contributed by atoms with Gasteiger partial charge in [-0.25, -0.2) is 0 Å². The Bertz CT molecular complexity index is 422. The summed E-state index contributed by atoms with van der Waals surface area (Å²) >= 11 is 0. The molecule has 2 heterocycles. The molecule has 2 rings (SSSR count). The third kappa shape index (κ3) is 21.7. The zero-order valence-electron chi connectivity index (χ0n) is 16.5. The number of alkyl halides is 3. The number of hydrogen-bond acceptors (Lipinski definition) is 6. The maximum absolute atomic E-state index is 9.67. The van der Waals surface area contributed by atoms with E-state index < -0.39 is 17.1 Å². The highest BCUT2D eigenvalue weighted by Crippen LogP contribution is 2.15. The fourth-order valence-corrected chi connectivity index (χ4v) is 3.08. The Labute approximate surface area is 160 Å². The molecule has 2 aliphatic heterocycles. The molecule has 0 N–H and O–H groups in total. The fraction of sp³-hybridized carbons (Fsp3) is 1.00. The lowest BCUT2D eigenvalue weighted by molar-refractivity contribution is -0.916. The van der Waals surface area contributed by atoms with Crippen molar-refractivity contribution in [2.45, 2.75) is 32.4 Å². The van der Waals surface area contributed by atoms with Crippen LogP contribution in [0.2, 0.25) is 0 Å². The van der Waals surface area contributed by atoms with Crippen molar-refractivity contribution in [2.24, 2.45) is 0 Å². The Morgan fingerprint density at radius 1 is 0.815 bits per heavy atom. The first-order valence-electron chi connectivity index (χ1n) is 8.51. The quantitative estimate of drug-likeness (QED) is 0.384. The standard InChI is InChI=1S/2C7H16NO.CHF3.H2O4S/c2*1-8(7-9-2)5-3-4-6-8;2-1(3)4;1-5(2,3)4/h2*3-7H2,1-2H3;1H;(H2,1,2,3,4)/q2*+1;;/p-2. The van der Waals surface area contributed by atoms with Gasteiger partial charge >= 0.3 is 6.68 Å². The van der Waals surface area contributed by atoms with E-state index in [4.69, 9.17) is 27.0 Å². The maximum atomic E-state index is 9.67. The molecule has 2 saturated heterocycles. The van der Waals surface area contributed by atoms with Crippen molar-refractivity contribution in [1.29, 1.82) is 0 Å². The molecule has 27 heavy (non-hydrogen) atoms. The predicted molar refractivity (Wildman–Crippen MR) is 91.6 cm³/mol. The lowest BCUT2D eigenvalue weighted by atomic mass is 10.4. The summed E-state index contributed by atoms with van der Waals surface area (Å²) in [4.78, 5) is 0. The average Bonchev–Trinajstić information content (AvgIpc) is 3.07. The van der Waals surface area contributed by atoms with Gasteiger partial charge in [-0.1, -0.05) is 0 Å². The molecule has 0 aromatic heterocycles. The first-order valence-corrected chi connectivity index (χ1v) is 9.84. The number of quaternary nitrogens is 2. The third-order valence-corrected chi connectivity index (χ3v) is 4.17. The number of rotatable bonds is 4. The van der Waals surface area contributed by atoms with Gasteiger partial charge in [-0.05, 0) is 0 Å². The van der Waals surface area contributed by atoms with Crippen LogP contribution in [0.4, 0.5) is 13.2 Å². The molecule has 12 heteroatoms. The van der Waals surface area contributed by atoms with Crippen molar-refractivity contribution < 1.29 is 49.1 Å². The number of hydrogen-bond donors (Lipinski definition) is 0. The fourth-order valence-electron chi connectivity index (χ4n) is 3.08. The van der Waals surface area contributed by atoms with E-state index in [1.807, 2.05) is 0 Å². The van der Waals surface area contributed by atoms with E-state index >= 15 is 0 Å². The number of methoxy groups -OCH3 is 2. The van der Waals surface area contributed by atoms with Crippen molar-refractivity contribution in [3.63, 3.8) is 0 Å². The van der Waals surface area contributed by atoms with E-state index in [1.54, 1.807) is 14.2 Å². The minimum Gasteiger partial charge on any atom is -0.759 e. The van der Waals surface area contributed by atoms with Crippen LogP contribution >= 0.6 is 0 Å². The van der Waals surface area contributed by atoms with E-state index in [0.29, 0.717) is 0 Å². The first-order chi connectivity index (χ1) is 12.3. The molecule has 0 bridgehead atoms. The molecule has 0 atom stereocenters. The van der Waals surface area contributed by atoms with Gasteiger partial charge < -0.3 is 27.5 Å². The molecule has 0 aliphatic carbocycles. The van der Waals surface area contributed by atoms with Gasteiger partial charge in [-0.15, -0.1) is 0 Å². The third-order valence-electron chi connectivity index (χ3n) is 4.17. The molecule has 0 aromatic carbocycles. The normalized spacial score (nSPS) is 19.9. The second kappa shape index (κ2) is 14.5. The van der Waals surface area contributed by atoms with Crippen LogP contribution in [0, 0.1) is 0 Å². The van der Waals surface area contributed by atoms with Crippen LogP contribution < -0.4 is 0 Å². The summed E-state index contributed by atoms with van der Waals surface area (Å²) in [5, 5.41) is 0. The van der Waals surface area contributed by atoms with Crippen molar-refractivity contribution in [2.75, 3.05) is 68.0 Å². The van der Waals surface area contributed by atoms with Crippen LogP contribution in [0.3, 0.4) is 0 Å². The van der Waals surface area contributed by atoms with Gasteiger partial charge in [-0.3, -0.25) is 8.42 Å². The van der Waals surface area contributed by atoms with Gasteiger partial charge in [0.25, 0.3) is 0 Å². The molecule has 0 amide bonds. The molecule has 166 valence electrons. The van der Waals surface area contributed by atoms with E-state index in [9.17, 15) is 13.2 Å². The van der Waals surface area contributed by atoms with Crippen LogP contribution in [-0.2, 0) is 19.9 Å². The molecule has 0 radical (unpaired) electrons. The molecular weight excluding hydrogens is 393 g/mol.